The summed E-state index contributed by atoms with van der Waals surface area (Å²) in [4.78, 5) is 0.327. The Morgan fingerprint density at radius 1 is 1.29 bits per heavy atom. The molecule has 4 nitrogen and oxygen atoms in total. The van der Waals surface area contributed by atoms with Gasteiger partial charge in [-0.15, -0.1) is 0 Å². The van der Waals surface area contributed by atoms with Crippen LogP contribution in [-0.2, 0) is 16.6 Å². The molecule has 0 saturated carbocycles. The largest absolute Gasteiger partial charge is 0.326 e. The first kappa shape index (κ1) is 18.5. The van der Waals surface area contributed by atoms with Crippen LogP contribution in [0.2, 0.25) is 0 Å². The summed E-state index contributed by atoms with van der Waals surface area (Å²) in [7, 11) is -3.51. The van der Waals surface area contributed by atoms with Crippen LogP contribution in [0.25, 0.3) is 0 Å². The molecule has 6 heteroatoms. The van der Waals surface area contributed by atoms with Gasteiger partial charge < -0.3 is 5.73 Å². The second-order valence-corrected chi connectivity index (χ2v) is 8.23. The Kier molecular flexibility index (Phi) is 6.71. The normalized spacial score (nSPS) is 12.6. The van der Waals surface area contributed by atoms with Crippen LogP contribution in [0.3, 0.4) is 0 Å². The third-order valence-electron chi connectivity index (χ3n) is 4.08. The molecule has 1 rings (SSSR count). The number of hydrogen-bond donors (Lipinski definition) is 2. The predicted octanol–water partition coefficient (Wildman–Crippen LogP) is 2.65. The first-order chi connectivity index (χ1) is 9.84. The van der Waals surface area contributed by atoms with Gasteiger partial charge in [0.05, 0.1) is 4.90 Å². The maximum absolute atomic E-state index is 12.6. The second kappa shape index (κ2) is 7.63. The van der Waals surface area contributed by atoms with Gasteiger partial charge in [-0.25, -0.2) is 13.1 Å². The average Bonchev–Trinajstić information content (AvgIpc) is 2.49. The molecule has 0 aliphatic rings. The van der Waals surface area contributed by atoms with Crippen molar-refractivity contribution in [2.75, 3.05) is 12.8 Å². The molecule has 1 aromatic rings. The van der Waals surface area contributed by atoms with Crippen molar-refractivity contribution in [2.24, 2.45) is 5.73 Å². The highest BCUT2D eigenvalue weighted by Crippen LogP contribution is 2.30. The van der Waals surface area contributed by atoms with Gasteiger partial charge in [-0.1, -0.05) is 26.0 Å². The Bertz CT molecular complexity index is 559. The Balaban J connectivity index is 3.02. The monoisotopic (exact) mass is 330 g/mol. The van der Waals surface area contributed by atoms with Gasteiger partial charge >= 0.3 is 0 Å². The molecule has 0 aliphatic carbocycles. The summed E-state index contributed by atoms with van der Waals surface area (Å²) in [5.41, 5.74) is 7.16. The van der Waals surface area contributed by atoms with Gasteiger partial charge in [0, 0.05) is 17.8 Å². The highest BCUT2D eigenvalue weighted by atomic mass is 32.2. The van der Waals surface area contributed by atoms with Crippen LogP contribution >= 0.6 is 11.8 Å². The first-order valence-electron chi connectivity index (χ1n) is 7.18. The van der Waals surface area contributed by atoms with E-state index in [0.717, 1.165) is 24.0 Å². The zero-order valence-corrected chi connectivity index (χ0v) is 14.9. The molecule has 0 atom stereocenters. The smallest absolute Gasteiger partial charge is 0.240 e. The van der Waals surface area contributed by atoms with E-state index in [0.29, 0.717) is 18.0 Å². The molecule has 0 bridgehead atoms. The summed E-state index contributed by atoms with van der Waals surface area (Å²) < 4.78 is 27.8. The summed E-state index contributed by atoms with van der Waals surface area (Å²) in [6, 6.07) is 5.33. The van der Waals surface area contributed by atoms with Crippen LogP contribution in [-0.4, -0.2) is 26.0 Å². The van der Waals surface area contributed by atoms with Crippen LogP contribution in [0.4, 0.5) is 0 Å². The van der Waals surface area contributed by atoms with E-state index in [1.807, 2.05) is 12.3 Å². The molecule has 0 radical (unpaired) electrons. The average molecular weight is 331 g/mol. The quantitative estimate of drug-likeness (QED) is 0.768. The Hall–Kier alpha value is -0.560. The number of sulfonamides is 1. The minimum absolute atomic E-state index is 0.0492. The van der Waals surface area contributed by atoms with Crippen molar-refractivity contribution in [3.05, 3.63) is 29.3 Å². The van der Waals surface area contributed by atoms with Gasteiger partial charge in [0.25, 0.3) is 0 Å². The lowest BCUT2D eigenvalue weighted by Crippen LogP contribution is -2.39. The van der Waals surface area contributed by atoms with E-state index < -0.39 is 10.0 Å². The van der Waals surface area contributed by atoms with Crippen LogP contribution in [0, 0.1) is 6.92 Å². The molecule has 0 aliphatic heterocycles. The predicted molar refractivity (Wildman–Crippen MR) is 91.1 cm³/mol. The number of aryl methyl sites for hydroxylation is 1. The molecule has 0 amide bonds. The number of hydrogen-bond acceptors (Lipinski definition) is 4. The van der Waals surface area contributed by atoms with Crippen LogP contribution in [0.1, 0.15) is 37.8 Å². The first-order valence-corrected chi connectivity index (χ1v) is 9.89. The minimum Gasteiger partial charge on any atom is -0.326 e. The molecule has 0 aromatic heterocycles. The van der Waals surface area contributed by atoms with Gasteiger partial charge in [0.15, 0.2) is 0 Å². The van der Waals surface area contributed by atoms with E-state index in [4.69, 9.17) is 5.73 Å². The molecule has 0 fully saturated rings. The lowest BCUT2D eigenvalue weighted by atomic mass is 10.0. The molecule has 1 aromatic carbocycles. The van der Waals surface area contributed by atoms with Gasteiger partial charge in [-0.3, -0.25) is 0 Å². The van der Waals surface area contributed by atoms with Crippen molar-refractivity contribution in [1.29, 1.82) is 0 Å². The minimum atomic E-state index is -3.51. The van der Waals surface area contributed by atoms with Crippen molar-refractivity contribution in [3.8, 4) is 0 Å². The van der Waals surface area contributed by atoms with E-state index in [-0.39, 0.29) is 4.75 Å². The zero-order valence-electron chi connectivity index (χ0n) is 13.3. The molecule has 0 heterocycles. The Morgan fingerprint density at radius 3 is 2.38 bits per heavy atom. The highest BCUT2D eigenvalue weighted by molar-refractivity contribution is 8.00. The van der Waals surface area contributed by atoms with Gasteiger partial charge in [-0.2, -0.15) is 11.8 Å². The topological polar surface area (TPSA) is 72.2 Å². The van der Waals surface area contributed by atoms with Crippen LogP contribution in [0.15, 0.2) is 23.1 Å². The molecular formula is C15H26N2O2S2. The maximum atomic E-state index is 12.6. The van der Waals surface area contributed by atoms with E-state index in [1.165, 1.54) is 0 Å². The second-order valence-electron chi connectivity index (χ2n) is 5.22. The summed E-state index contributed by atoms with van der Waals surface area (Å²) >= 11 is 1.72. The number of thioether (sulfide) groups is 1. The van der Waals surface area contributed by atoms with Crippen molar-refractivity contribution in [2.45, 2.75) is 49.8 Å². The molecule has 0 saturated heterocycles. The molecule has 120 valence electrons. The van der Waals surface area contributed by atoms with E-state index in [2.05, 4.69) is 18.6 Å². The molecule has 21 heavy (non-hydrogen) atoms. The third kappa shape index (κ3) is 4.45. The van der Waals surface area contributed by atoms with Crippen molar-refractivity contribution in [3.63, 3.8) is 0 Å². The van der Waals surface area contributed by atoms with Gasteiger partial charge in [-0.05, 0) is 43.2 Å². The Labute approximate surface area is 132 Å². The van der Waals surface area contributed by atoms with E-state index in [9.17, 15) is 8.42 Å². The number of nitrogens with two attached hydrogens (primary N) is 1. The lowest BCUT2D eigenvalue weighted by Gasteiger charge is -2.29. The fourth-order valence-electron chi connectivity index (χ4n) is 2.23. The van der Waals surface area contributed by atoms with Gasteiger partial charge in [0.2, 0.25) is 10.0 Å². The SMILES string of the molecule is CCC(CC)(CNS(=O)(=O)c1cc(CN)ccc1C)SC. The molecule has 0 spiro atoms. The summed E-state index contributed by atoms with van der Waals surface area (Å²) in [5, 5.41) is 0. The van der Waals surface area contributed by atoms with Crippen LogP contribution < -0.4 is 10.5 Å². The zero-order chi connectivity index (χ0) is 16.1. The van der Waals surface area contributed by atoms with E-state index >= 15 is 0 Å². The third-order valence-corrected chi connectivity index (χ3v) is 7.21. The lowest BCUT2D eigenvalue weighted by molar-refractivity contribution is 0.521. The number of benzene rings is 1. The van der Waals surface area contributed by atoms with Crippen LogP contribution in [0.5, 0.6) is 0 Å². The molecular weight excluding hydrogens is 304 g/mol. The summed E-state index contributed by atoms with van der Waals surface area (Å²) in [5.74, 6) is 0. The summed E-state index contributed by atoms with van der Waals surface area (Å²) in [6.07, 6.45) is 3.88. The molecule has 0 unspecified atom stereocenters. The van der Waals surface area contributed by atoms with Crippen molar-refractivity contribution >= 4 is 21.8 Å². The molecule has 3 N–H and O–H groups in total. The highest BCUT2D eigenvalue weighted by Gasteiger charge is 2.28. The number of rotatable bonds is 8. The van der Waals surface area contributed by atoms with Crippen molar-refractivity contribution in [1.82, 2.24) is 4.72 Å². The van der Waals surface area contributed by atoms with Crippen molar-refractivity contribution < 1.29 is 8.42 Å². The number of nitrogens with one attached hydrogen (secondary N) is 1. The van der Waals surface area contributed by atoms with Gasteiger partial charge in [0.1, 0.15) is 0 Å². The van der Waals surface area contributed by atoms with E-state index in [1.54, 1.807) is 30.8 Å². The fraction of sp³-hybridized carbons (Fsp3) is 0.600. The maximum Gasteiger partial charge on any atom is 0.240 e. The fourth-order valence-corrected chi connectivity index (χ4v) is 4.53. The summed E-state index contributed by atoms with van der Waals surface area (Å²) in [6.45, 7) is 6.76. The Morgan fingerprint density at radius 2 is 1.90 bits per heavy atom. The standard InChI is InChI=1S/C15H26N2O2S2/c1-5-15(6-2,20-4)11-17-21(18,19)14-9-13(10-16)8-7-12(14)3/h7-9,17H,5-6,10-11,16H2,1-4H3.